The highest BCUT2D eigenvalue weighted by molar-refractivity contribution is 6.31. The molecule has 0 unspecified atom stereocenters. The average molecular weight is 303 g/mol. The van der Waals surface area contributed by atoms with Crippen LogP contribution in [-0.4, -0.2) is 18.0 Å². The summed E-state index contributed by atoms with van der Waals surface area (Å²) >= 11 is 5.94. The van der Waals surface area contributed by atoms with Crippen LogP contribution < -0.4 is 11.1 Å². The smallest absolute Gasteiger partial charge is 0.252 e. The average Bonchev–Trinajstić information content (AvgIpc) is 2.81. The molecule has 106 valence electrons. The van der Waals surface area contributed by atoms with E-state index in [0.29, 0.717) is 17.1 Å². The molecule has 5 heteroatoms. The van der Waals surface area contributed by atoms with Gasteiger partial charge in [0.1, 0.15) is 0 Å². The Bertz CT molecular complexity index is 457. The number of rotatable bonds is 3. The van der Waals surface area contributed by atoms with Crippen molar-refractivity contribution in [1.82, 2.24) is 5.32 Å². The van der Waals surface area contributed by atoms with Crippen LogP contribution >= 0.6 is 24.0 Å². The summed E-state index contributed by atoms with van der Waals surface area (Å²) in [6.07, 6.45) is 4.20. The van der Waals surface area contributed by atoms with E-state index in [0.717, 1.165) is 31.2 Å². The Morgan fingerprint density at radius 2 is 2.05 bits per heavy atom. The number of benzene rings is 1. The van der Waals surface area contributed by atoms with Gasteiger partial charge in [0.2, 0.25) is 0 Å². The first-order chi connectivity index (χ1) is 8.56. The lowest BCUT2D eigenvalue weighted by Gasteiger charge is -2.29. The van der Waals surface area contributed by atoms with Crippen molar-refractivity contribution in [3.8, 4) is 0 Å². The summed E-state index contributed by atoms with van der Waals surface area (Å²) in [6.45, 7) is 2.41. The van der Waals surface area contributed by atoms with Gasteiger partial charge in [-0.1, -0.05) is 30.5 Å². The topological polar surface area (TPSA) is 55.1 Å². The highest BCUT2D eigenvalue weighted by atomic mass is 35.5. The number of aryl methyl sites for hydroxylation is 1. The third-order valence-corrected chi connectivity index (χ3v) is 4.01. The predicted molar refractivity (Wildman–Crippen MR) is 81.2 cm³/mol. The maximum Gasteiger partial charge on any atom is 0.252 e. The van der Waals surface area contributed by atoms with Gasteiger partial charge in [-0.3, -0.25) is 4.79 Å². The standard InChI is InChI=1S/C14H19ClN2O.ClH/c1-10-4-5-11(15)8-12(10)13(18)17-14(9-16)6-2-3-7-14;/h4-5,8H,2-3,6-7,9,16H2,1H3,(H,17,18);1H. The van der Waals surface area contributed by atoms with E-state index in [-0.39, 0.29) is 23.9 Å². The molecule has 1 aliphatic carbocycles. The fourth-order valence-electron chi connectivity index (χ4n) is 2.58. The van der Waals surface area contributed by atoms with Crippen molar-refractivity contribution in [3.05, 3.63) is 34.3 Å². The van der Waals surface area contributed by atoms with Gasteiger partial charge in [0.05, 0.1) is 5.54 Å². The van der Waals surface area contributed by atoms with E-state index in [1.165, 1.54) is 0 Å². The van der Waals surface area contributed by atoms with Crippen LogP contribution in [0.1, 0.15) is 41.6 Å². The summed E-state index contributed by atoms with van der Waals surface area (Å²) in [7, 11) is 0. The summed E-state index contributed by atoms with van der Waals surface area (Å²) in [6, 6.07) is 5.37. The number of hydrogen-bond acceptors (Lipinski definition) is 2. The summed E-state index contributed by atoms with van der Waals surface area (Å²) in [5, 5.41) is 3.69. The van der Waals surface area contributed by atoms with Crippen LogP contribution in [0.15, 0.2) is 18.2 Å². The second kappa shape index (κ2) is 6.60. The molecule has 1 aliphatic rings. The minimum atomic E-state index is -0.216. The van der Waals surface area contributed by atoms with Gasteiger partial charge in [0.15, 0.2) is 0 Å². The summed E-state index contributed by atoms with van der Waals surface area (Å²) in [4.78, 5) is 12.3. The molecule has 0 spiro atoms. The second-order valence-electron chi connectivity index (χ2n) is 5.10. The first kappa shape index (κ1) is 16.3. The molecule has 1 aromatic carbocycles. The van der Waals surface area contributed by atoms with E-state index in [9.17, 15) is 4.79 Å². The second-order valence-corrected chi connectivity index (χ2v) is 5.54. The van der Waals surface area contributed by atoms with Gasteiger partial charge in [-0.2, -0.15) is 0 Å². The molecule has 3 nitrogen and oxygen atoms in total. The van der Waals surface area contributed by atoms with Gasteiger partial charge in [-0.15, -0.1) is 12.4 Å². The minimum Gasteiger partial charge on any atom is -0.345 e. The first-order valence-electron chi connectivity index (χ1n) is 6.35. The third kappa shape index (κ3) is 3.62. The molecular formula is C14H20Cl2N2O. The summed E-state index contributed by atoms with van der Waals surface area (Å²) in [5.41, 5.74) is 7.18. The number of carbonyl (C=O) groups is 1. The normalized spacial score (nSPS) is 16.8. The quantitative estimate of drug-likeness (QED) is 0.901. The van der Waals surface area contributed by atoms with Gasteiger partial charge < -0.3 is 11.1 Å². The molecular weight excluding hydrogens is 283 g/mol. The Labute approximate surface area is 125 Å². The fourth-order valence-corrected chi connectivity index (χ4v) is 2.75. The van der Waals surface area contributed by atoms with E-state index < -0.39 is 0 Å². The number of carbonyl (C=O) groups excluding carboxylic acids is 1. The molecule has 0 radical (unpaired) electrons. The monoisotopic (exact) mass is 302 g/mol. The van der Waals surface area contributed by atoms with E-state index in [4.69, 9.17) is 17.3 Å². The van der Waals surface area contributed by atoms with Gasteiger partial charge >= 0.3 is 0 Å². The lowest BCUT2D eigenvalue weighted by molar-refractivity contribution is 0.0902. The molecule has 3 N–H and O–H groups in total. The lowest BCUT2D eigenvalue weighted by Crippen LogP contribution is -2.51. The number of nitrogens with one attached hydrogen (secondary N) is 1. The zero-order valence-electron chi connectivity index (χ0n) is 11.0. The van der Waals surface area contributed by atoms with Crippen LogP contribution in [0.4, 0.5) is 0 Å². The molecule has 1 aromatic rings. The van der Waals surface area contributed by atoms with Crippen molar-refractivity contribution in [2.45, 2.75) is 38.1 Å². The molecule has 1 saturated carbocycles. The molecule has 0 bridgehead atoms. The van der Waals surface area contributed by atoms with Crippen LogP contribution in [0.2, 0.25) is 5.02 Å². The van der Waals surface area contributed by atoms with Gasteiger partial charge in [-0.05, 0) is 37.5 Å². The van der Waals surface area contributed by atoms with E-state index in [1.54, 1.807) is 12.1 Å². The molecule has 0 aromatic heterocycles. The van der Waals surface area contributed by atoms with Crippen molar-refractivity contribution < 1.29 is 4.79 Å². The van der Waals surface area contributed by atoms with Gasteiger partial charge in [-0.25, -0.2) is 0 Å². The van der Waals surface area contributed by atoms with Crippen molar-refractivity contribution in [2.75, 3.05) is 6.54 Å². The number of amides is 1. The van der Waals surface area contributed by atoms with Crippen molar-refractivity contribution in [2.24, 2.45) is 5.73 Å². The molecule has 2 rings (SSSR count). The molecule has 1 amide bonds. The zero-order chi connectivity index (χ0) is 13.2. The summed E-state index contributed by atoms with van der Waals surface area (Å²) < 4.78 is 0. The van der Waals surface area contributed by atoms with E-state index >= 15 is 0 Å². The fraction of sp³-hybridized carbons (Fsp3) is 0.500. The van der Waals surface area contributed by atoms with Gasteiger partial charge in [0.25, 0.3) is 5.91 Å². The number of hydrogen-bond donors (Lipinski definition) is 2. The van der Waals surface area contributed by atoms with Crippen molar-refractivity contribution >= 4 is 29.9 Å². The highest BCUT2D eigenvalue weighted by Gasteiger charge is 2.34. The van der Waals surface area contributed by atoms with E-state index in [2.05, 4.69) is 5.32 Å². The Balaban J connectivity index is 0.00000180. The third-order valence-electron chi connectivity index (χ3n) is 3.77. The Morgan fingerprint density at radius 3 is 2.63 bits per heavy atom. The highest BCUT2D eigenvalue weighted by Crippen LogP contribution is 2.29. The Kier molecular flexibility index (Phi) is 5.65. The summed E-state index contributed by atoms with van der Waals surface area (Å²) in [5.74, 6) is -0.0673. The van der Waals surface area contributed by atoms with Crippen LogP contribution in [0.3, 0.4) is 0 Å². The molecule has 0 aliphatic heterocycles. The molecule has 1 fully saturated rings. The SMILES string of the molecule is Cc1ccc(Cl)cc1C(=O)NC1(CN)CCCC1.Cl. The largest absolute Gasteiger partial charge is 0.345 e. The van der Waals surface area contributed by atoms with Crippen molar-refractivity contribution in [3.63, 3.8) is 0 Å². The molecule has 0 saturated heterocycles. The van der Waals surface area contributed by atoms with Gasteiger partial charge in [0, 0.05) is 17.1 Å². The zero-order valence-corrected chi connectivity index (χ0v) is 12.6. The number of nitrogens with two attached hydrogens (primary N) is 1. The molecule has 19 heavy (non-hydrogen) atoms. The minimum absolute atomic E-state index is 0. The Hall–Kier alpha value is -0.770. The van der Waals surface area contributed by atoms with E-state index in [1.807, 2.05) is 13.0 Å². The molecule has 0 atom stereocenters. The maximum atomic E-state index is 12.3. The lowest BCUT2D eigenvalue weighted by atomic mass is 9.96. The van der Waals surface area contributed by atoms with Crippen LogP contribution in [0.25, 0.3) is 0 Å². The van der Waals surface area contributed by atoms with Crippen molar-refractivity contribution in [1.29, 1.82) is 0 Å². The van der Waals surface area contributed by atoms with Crippen LogP contribution in [0, 0.1) is 6.92 Å². The van der Waals surface area contributed by atoms with Crippen LogP contribution in [-0.2, 0) is 0 Å². The first-order valence-corrected chi connectivity index (χ1v) is 6.73. The molecule has 0 heterocycles. The number of halogens is 2. The Morgan fingerprint density at radius 1 is 1.42 bits per heavy atom. The van der Waals surface area contributed by atoms with Crippen LogP contribution in [0.5, 0.6) is 0 Å². The predicted octanol–water partition coefficient (Wildman–Crippen LogP) is 3.07. The maximum absolute atomic E-state index is 12.3.